The molecule has 0 aromatic heterocycles. The molecule has 0 radical (unpaired) electrons. The molecule has 2 atom stereocenters. The summed E-state index contributed by atoms with van der Waals surface area (Å²) in [6, 6.07) is 8.72. The van der Waals surface area contributed by atoms with Gasteiger partial charge >= 0.3 is 0 Å². The van der Waals surface area contributed by atoms with Crippen LogP contribution in [0.2, 0.25) is 0 Å². The Morgan fingerprint density at radius 1 is 1.35 bits per heavy atom. The second kappa shape index (κ2) is 5.52. The third kappa shape index (κ3) is 3.45. The van der Waals surface area contributed by atoms with Crippen LogP contribution in [0.5, 0.6) is 5.75 Å². The monoisotopic (exact) mass is 234 g/mol. The summed E-state index contributed by atoms with van der Waals surface area (Å²) >= 11 is 0. The van der Waals surface area contributed by atoms with Crippen LogP contribution in [-0.4, -0.2) is 35.7 Å². The molecule has 3 nitrogen and oxygen atoms in total. The number of nitrogens with one attached hydrogen (secondary N) is 1. The van der Waals surface area contributed by atoms with Crippen molar-refractivity contribution in [2.24, 2.45) is 0 Å². The molecule has 3 heteroatoms. The predicted molar refractivity (Wildman–Crippen MR) is 70.1 cm³/mol. The fourth-order valence-electron chi connectivity index (χ4n) is 2.35. The van der Waals surface area contributed by atoms with Crippen LogP contribution in [0.4, 0.5) is 0 Å². The van der Waals surface area contributed by atoms with Crippen LogP contribution in [0, 0.1) is 0 Å². The van der Waals surface area contributed by atoms with E-state index in [0.29, 0.717) is 17.8 Å². The van der Waals surface area contributed by atoms with Crippen molar-refractivity contribution in [1.82, 2.24) is 10.2 Å². The molecule has 0 bridgehead atoms. The van der Waals surface area contributed by atoms with Crippen molar-refractivity contribution in [3.8, 4) is 5.75 Å². The maximum atomic E-state index is 9.21. The summed E-state index contributed by atoms with van der Waals surface area (Å²) in [5, 5.41) is 12.8. The fraction of sp³-hybridized carbons (Fsp3) is 0.571. The van der Waals surface area contributed by atoms with Crippen LogP contribution >= 0.6 is 0 Å². The number of nitrogens with zero attached hydrogens (tertiary/aromatic N) is 1. The minimum Gasteiger partial charge on any atom is -0.508 e. The highest BCUT2D eigenvalue weighted by Gasteiger charge is 2.21. The highest BCUT2D eigenvalue weighted by atomic mass is 16.3. The zero-order chi connectivity index (χ0) is 12.3. The molecule has 1 aromatic carbocycles. The highest BCUT2D eigenvalue weighted by molar-refractivity contribution is 5.25. The third-order valence-electron chi connectivity index (χ3n) is 3.74. The topological polar surface area (TPSA) is 35.5 Å². The first-order chi connectivity index (χ1) is 8.15. The number of phenolic OH excluding ortho intramolecular Hbond substituents is 1. The van der Waals surface area contributed by atoms with Crippen LogP contribution in [-0.2, 0) is 6.54 Å². The lowest BCUT2D eigenvalue weighted by Crippen LogP contribution is -2.45. The molecule has 2 rings (SSSR count). The maximum Gasteiger partial charge on any atom is 0.115 e. The molecule has 17 heavy (non-hydrogen) atoms. The molecule has 1 aliphatic heterocycles. The second-order valence-corrected chi connectivity index (χ2v) is 5.10. The number of likely N-dealkylation sites (tertiary alicyclic amines) is 1. The lowest BCUT2D eigenvalue weighted by Gasteiger charge is -2.35. The molecule has 1 aromatic rings. The summed E-state index contributed by atoms with van der Waals surface area (Å²) in [6.07, 6.45) is 2.44. The molecule has 2 unspecified atom stereocenters. The molecular weight excluding hydrogens is 212 g/mol. The normalized spacial score (nSPS) is 26.0. The molecule has 1 fully saturated rings. The van der Waals surface area contributed by atoms with Crippen molar-refractivity contribution in [2.45, 2.75) is 38.4 Å². The Hall–Kier alpha value is -1.06. The van der Waals surface area contributed by atoms with E-state index in [-0.39, 0.29) is 0 Å². The average molecular weight is 234 g/mol. The Balaban J connectivity index is 1.80. The predicted octanol–water partition coefficient (Wildman–Crippen LogP) is 1.96. The van der Waals surface area contributed by atoms with Gasteiger partial charge in [0.2, 0.25) is 0 Å². The van der Waals surface area contributed by atoms with Gasteiger partial charge in [-0.15, -0.1) is 0 Å². The first-order valence-corrected chi connectivity index (χ1v) is 6.36. The number of phenols is 1. The summed E-state index contributed by atoms with van der Waals surface area (Å²) in [6.45, 7) is 4.35. The van der Waals surface area contributed by atoms with E-state index >= 15 is 0 Å². The van der Waals surface area contributed by atoms with E-state index in [4.69, 9.17) is 0 Å². The van der Waals surface area contributed by atoms with Crippen LogP contribution in [0.25, 0.3) is 0 Å². The van der Waals surface area contributed by atoms with E-state index in [2.05, 4.69) is 24.2 Å². The molecule has 0 spiro atoms. The van der Waals surface area contributed by atoms with Gasteiger partial charge in [0.15, 0.2) is 0 Å². The average Bonchev–Trinajstić information content (AvgIpc) is 2.33. The summed E-state index contributed by atoms with van der Waals surface area (Å²) < 4.78 is 0. The molecular formula is C14H22N2O. The van der Waals surface area contributed by atoms with E-state index in [0.717, 1.165) is 6.54 Å². The second-order valence-electron chi connectivity index (χ2n) is 5.10. The Morgan fingerprint density at radius 3 is 2.71 bits per heavy atom. The van der Waals surface area contributed by atoms with Crippen molar-refractivity contribution in [2.75, 3.05) is 13.6 Å². The fourth-order valence-corrected chi connectivity index (χ4v) is 2.35. The first-order valence-electron chi connectivity index (χ1n) is 6.36. The zero-order valence-corrected chi connectivity index (χ0v) is 10.7. The smallest absolute Gasteiger partial charge is 0.115 e. The molecule has 94 valence electrons. The Morgan fingerprint density at radius 2 is 2.06 bits per heavy atom. The number of hydrogen-bond acceptors (Lipinski definition) is 3. The van der Waals surface area contributed by atoms with E-state index in [1.807, 2.05) is 12.1 Å². The van der Waals surface area contributed by atoms with Gasteiger partial charge < -0.3 is 15.3 Å². The minimum atomic E-state index is 0.335. The van der Waals surface area contributed by atoms with Crippen LogP contribution < -0.4 is 5.32 Å². The van der Waals surface area contributed by atoms with Gasteiger partial charge in [-0.3, -0.25) is 0 Å². The van der Waals surface area contributed by atoms with Gasteiger partial charge in [0, 0.05) is 18.6 Å². The summed E-state index contributed by atoms with van der Waals surface area (Å²) in [4.78, 5) is 2.42. The van der Waals surface area contributed by atoms with Gasteiger partial charge in [-0.25, -0.2) is 0 Å². The van der Waals surface area contributed by atoms with E-state index < -0.39 is 0 Å². The molecule has 2 N–H and O–H groups in total. The maximum absolute atomic E-state index is 9.21. The third-order valence-corrected chi connectivity index (χ3v) is 3.74. The van der Waals surface area contributed by atoms with Gasteiger partial charge in [-0.1, -0.05) is 12.1 Å². The molecule has 1 saturated heterocycles. The van der Waals surface area contributed by atoms with Gasteiger partial charge in [0.05, 0.1) is 0 Å². The van der Waals surface area contributed by atoms with Crippen molar-refractivity contribution in [3.05, 3.63) is 29.8 Å². The lowest BCUT2D eigenvalue weighted by atomic mass is 9.99. The van der Waals surface area contributed by atoms with Crippen LogP contribution in [0.1, 0.15) is 25.3 Å². The standard InChI is InChI=1S/C14H22N2O/c1-11-9-13(7-8-16(11)2)15-10-12-3-5-14(17)6-4-12/h3-6,11,13,15,17H,7-10H2,1-2H3. The minimum absolute atomic E-state index is 0.335. The van der Waals surface area contributed by atoms with Crippen molar-refractivity contribution >= 4 is 0 Å². The first kappa shape index (κ1) is 12.4. The molecule has 0 saturated carbocycles. The van der Waals surface area contributed by atoms with Gasteiger partial charge in [-0.05, 0) is 51.1 Å². The van der Waals surface area contributed by atoms with Gasteiger partial charge in [0.1, 0.15) is 5.75 Å². The Labute approximate surface area is 103 Å². The van der Waals surface area contributed by atoms with E-state index in [1.165, 1.54) is 24.9 Å². The van der Waals surface area contributed by atoms with E-state index in [9.17, 15) is 5.11 Å². The summed E-state index contributed by atoms with van der Waals surface area (Å²) in [5.41, 5.74) is 1.23. The number of aromatic hydroxyl groups is 1. The molecule has 1 aliphatic rings. The number of benzene rings is 1. The molecule has 1 heterocycles. The van der Waals surface area contributed by atoms with Crippen molar-refractivity contribution in [3.63, 3.8) is 0 Å². The summed E-state index contributed by atoms with van der Waals surface area (Å²) in [7, 11) is 2.20. The SMILES string of the molecule is CC1CC(NCc2ccc(O)cc2)CCN1C. The van der Waals surface area contributed by atoms with Crippen molar-refractivity contribution < 1.29 is 5.11 Å². The van der Waals surface area contributed by atoms with Crippen molar-refractivity contribution in [1.29, 1.82) is 0 Å². The van der Waals surface area contributed by atoms with Gasteiger partial charge in [-0.2, -0.15) is 0 Å². The van der Waals surface area contributed by atoms with Crippen LogP contribution in [0.3, 0.4) is 0 Å². The number of piperidine rings is 1. The van der Waals surface area contributed by atoms with Gasteiger partial charge in [0.25, 0.3) is 0 Å². The lowest BCUT2D eigenvalue weighted by molar-refractivity contribution is 0.168. The van der Waals surface area contributed by atoms with E-state index in [1.54, 1.807) is 12.1 Å². The molecule has 0 amide bonds. The Kier molecular flexibility index (Phi) is 4.02. The molecule has 0 aliphatic carbocycles. The Bertz CT molecular complexity index is 350. The van der Waals surface area contributed by atoms with Crippen LogP contribution in [0.15, 0.2) is 24.3 Å². The summed E-state index contributed by atoms with van der Waals surface area (Å²) in [5.74, 6) is 0.335. The highest BCUT2D eigenvalue weighted by Crippen LogP contribution is 2.16. The quantitative estimate of drug-likeness (QED) is 0.839. The number of rotatable bonds is 3. The number of hydrogen-bond donors (Lipinski definition) is 2. The zero-order valence-electron chi connectivity index (χ0n) is 10.7. The largest absolute Gasteiger partial charge is 0.508 e.